The van der Waals surface area contributed by atoms with E-state index in [1.807, 2.05) is 24.8 Å². The molecule has 0 aromatic rings. The zero-order valence-corrected chi connectivity index (χ0v) is 9.70. The van der Waals surface area contributed by atoms with Crippen LogP contribution in [0.5, 0.6) is 0 Å². The zero-order valence-electron chi connectivity index (χ0n) is 9.70. The van der Waals surface area contributed by atoms with Crippen LogP contribution in [0.25, 0.3) is 0 Å². The molecule has 0 aromatic carbocycles. The van der Waals surface area contributed by atoms with E-state index in [1.54, 1.807) is 0 Å². The molecule has 1 rings (SSSR count). The largest absolute Gasteiger partial charge is 0.396 e. The maximum atomic E-state index is 11.9. The van der Waals surface area contributed by atoms with Crippen LogP contribution in [-0.2, 0) is 4.79 Å². The number of nitrogens with zero attached hydrogens (tertiary/aromatic N) is 1. The van der Waals surface area contributed by atoms with E-state index in [1.165, 1.54) is 0 Å². The molecule has 0 spiro atoms. The molecular formula is C12H21NO2. The summed E-state index contributed by atoms with van der Waals surface area (Å²) >= 11 is 0. The van der Waals surface area contributed by atoms with Crippen LogP contribution in [-0.4, -0.2) is 35.6 Å². The second-order valence-electron chi connectivity index (χ2n) is 5.12. The Bertz CT molecular complexity index is 248. The first kappa shape index (κ1) is 12.2. The van der Waals surface area contributed by atoms with Crippen molar-refractivity contribution in [2.45, 2.75) is 26.7 Å². The molecular weight excluding hydrogens is 190 g/mol. The minimum atomic E-state index is -0.302. The first-order valence-electron chi connectivity index (χ1n) is 5.50. The lowest BCUT2D eigenvalue weighted by molar-refractivity contribution is -0.132. The third-order valence-corrected chi connectivity index (χ3v) is 2.97. The lowest BCUT2D eigenvalue weighted by Crippen LogP contribution is -2.33. The molecule has 0 saturated carbocycles. The predicted octanol–water partition coefficient (Wildman–Crippen LogP) is 1.43. The highest BCUT2D eigenvalue weighted by Gasteiger charge is 2.28. The highest BCUT2D eigenvalue weighted by Crippen LogP contribution is 2.24. The SMILES string of the molecule is C=CC1CCN(C(=O)CC(C)(C)CO)C1. The summed E-state index contributed by atoms with van der Waals surface area (Å²) in [5, 5.41) is 9.10. The molecule has 1 saturated heterocycles. The van der Waals surface area contributed by atoms with Gasteiger partial charge in [0.25, 0.3) is 0 Å². The Morgan fingerprint density at radius 2 is 2.33 bits per heavy atom. The van der Waals surface area contributed by atoms with E-state index < -0.39 is 0 Å². The van der Waals surface area contributed by atoms with Gasteiger partial charge in [-0.15, -0.1) is 6.58 Å². The molecule has 1 aliphatic rings. The van der Waals surface area contributed by atoms with Gasteiger partial charge in [-0.1, -0.05) is 19.9 Å². The van der Waals surface area contributed by atoms with Gasteiger partial charge < -0.3 is 10.0 Å². The molecule has 1 atom stereocenters. The van der Waals surface area contributed by atoms with E-state index in [0.29, 0.717) is 12.3 Å². The van der Waals surface area contributed by atoms with Gasteiger partial charge in [-0.3, -0.25) is 4.79 Å². The third kappa shape index (κ3) is 3.34. The molecule has 86 valence electrons. The Balaban J connectivity index is 2.45. The van der Waals surface area contributed by atoms with Gasteiger partial charge in [-0.2, -0.15) is 0 Å². The summed E-state index contributed by atoms with van der Waals surface area (Å²) in [5.41, 5.74) is -0.302. The second kappa shape index (κ2) is 4.79. The molecule has 1 fully saturated rings. The maximum absolute atomic E-state index is 11.9. The van der Waals surface area contributed by atoms with Gasteiger partial charge in [-0.25, -0.2) is 0 Å². The lowest BCUT2D eigenvalue weighted by Gasteiger charge is -2.24. The summed E-state index contributed by atoms with van der Waals surface area (Å²) in [6, 6.07) is 0. The van der Waals surface area contributed by atoms with Crippen LogP contribution in [0.4, 0.5) is 0 Å². The van der Waals surface area contributed by atoms with Crippen molar-refractivity contribution < 1.29 is 9.90 Å². The number of aliphatic hydroxyl groups is 1. The fraction of sp³-hybridized carbons (Fsp3) is 0.750. The molecule has 3 nitrogen and oxygen atoms in total. The number of hydrogen-bond acceptors (Lipinski definition) is 2. The Labute approximate surface area is 91.8 Å². The molecule has 1 N–H and O–H groups in total. The van der Waals surface area contributed by atoms with Crippen molar-refractivity contribution >= 4 is 5.91 Å². The summed E-state index contributed by atoms with van der Waals surface area (Å²) in [6.45, 7) is 9.25. The van der Waals surface area contributed by atoms with Crippen molar-refractivity contribution in [1.82, 2.24) is 4.90 Å². The lowest BCUT2D eigenvalue weighted by atomic mass is 9.90. The van der Waals surface area contributed by atoms with Crippen LogP contribution >= 0.6 is 0 Å². The maximum Gasteiger partial charge on any atom is 0.223 e. The monoisotopic (exact) mass is 211 g/mol. The van der Waals surface area contributed by atoms with E-state index >= 15 is 0 Å². The van der Waals surface area contributed by atoms with E-state index in [0.717, 1.165) is 19.5 Å². The van der Waals surface area contributed by atoms with Crippen molar-refractivity contribution in [1.29, 1.82) is 0 Å². The topological polar surface area (TPSA) is 40.5 Å². The van der Waals surface area contributed by atoms with Crippen LogP contribution in [0.15, 0.2) is 12.7 Å². The van der Waals surface area contributed by atoms with E-state index in [2.05, 4.69) is 6.58 Å². The van der Waals surface area contributed by atoms with E-state index in [4.69, 9.17) is 5.11 Å². The standard InChI is InChI=1S/C12H21NO2/c1-4-10-5-6-13(8-10)11(15)7-12(2,3)9-14/h4,10,14H,1,5-9H2,2-3H3. The van der Waals surface area contributed by atoms with Crippen molar-refractivity contribution in [2.24, 2.45) is 11.3 Å². The third-order valence-electron chi connectivity index (χ3n) is 2.97. The van der Waals surface area contributed by atoms with Crippen LogP contribution in [0.3, 0.4) is 0 Å². The number of aliphatic hydroxyl groups excluding tert-OH is 1. The molecule has 3 heteroatoms. The summed E-state index contributed by atoms with van der Waals surface area (Å²) in [7, 11) is 0. The number of likely N-dealkylation sites (tertiary alicyclic amines) is 1. The smallest absolute Gasteiger partial charge is 0.223 e. The van der Waals surface area contributed by atoms with Gasteiger partial charge in [0.15, 0.2) is 0 Å². The van der Waals surface area contributed by atoms with Gasteiger partial charge in [0.05, 0.1) is 0 Å². The quantitative estimate of drug-likeness (QED) is 0.715. The van der Waals surface area contributed by atoms with Gasteiger partial charge >= 0.3 is 0 Å². The molecule has 1 heterocycles. The van der Waals surface area contributed by atoms with Crippen LogP contribution in [0, 0.1) is 11.3 Å². The Kier molecular flexibility index (Phi) is 3.91. The zero-order chi connectivity index (χ0) is 11.5. The fourth-order valence-electron chi connectivity index (χ4n) is 1.78. The van der Waals surface area contributed by atoms with Crippen LogP contribution in [0.2, 0.25) is 0 Å². The molecule has 1 aliphatic heterocycles. The Morgan fingerprint density at radius 1 is 1.67 bits per heavy atom. The average Bonchev–Trinajstić information content (AvgIpc) is 2.65. The second-order valence-corrected chi connectivity index (χ2v) is 5.12. The van der Waals surface area contributed by atoms with Crippen LogP contribution < -0.4 is 0 Å². The molecule has 1 amide bonds. The molecule has 1 unspecified atom stereocenters. The Morgan fingerprint density at radius 3 is 2.80 bits per heavy atom. The summed E-state index contributed by atoms with van der Waals surface area (Å²) in [5.74, 6) is 0.601. The highest BCUT2D eigenvalue weighted by atomic mass is 16.3. The summed E-state index contributed by atoms with van der Waals surface area (Å²) in [6.07, 6.45) is 3.37. The normalized spacial score (nSPS) is 21.8. The first-order valence-corrected chi connectivity index (χ1v) is 5.50. The van der Waals surface area contributed by atoms with Gasteiger partial charge in [-0.05, 0) is 17.8 Å². The predicted molar refractivity (Wildman–Crippen MR) is 60.4 cm³/mol. The first-order chi connectivity index (χ1) is 6.98. The van der Waals surface area contributed by atoms with Gasteiger partial charge in [0, 0.05) is 26.1 Å². The summed E-state index contributed by atoms with van der Waals surface area (Å²) < 4.78 is 0. The molecule has 0 aromatic heterocycles. The van der Waals surface area contributed by atoms with Crippen molar-refractivity contribution in [3.05, 3.63) is 12.7 Å². The fourth-order valence-corrected chi connectivity index (χ4v) is 1.78. The van der Waals surface area contributed by atoms with Crippen LogP contribution in [0.1, 0.15) is 26.7 Å². The number of carbonyl (C=O) groups excluding carboxylic acids is 1. The molecule has 15 heavy (non-hydrogen) atoms. The Hall–Kier alpha value is -0.830. The van der Waals surface area contributed by atoms with E-state index in [-0.39, 0.29) is 17.9 Å². The van der Waals surface area contributed by atoms with Crippen molar-refractivity contribution in [3.8, 4) is 0 Å². The highest BCUT2D eigenvalue weighted by molar-refractivity contribution is 5.77. The number of rotatable bonds is 4. The van der Waals surface area contributed by atoms with Gasteiger partial charge in [0.1, 0.15) is 0 Å². The van der Waals surface area contributed by atoms with E-state index in [9.17, 15) is 4.79 Å². The number of hydrogen-bond donors (Lipinski definition) is 1. The molecule has 0 radical (unpaired) electrons. The van der Waals surface area contributed by atoms with Gasteiger partial charge in [0.2, 0.25) is 5.91 Å². The molecule has 0 aliphatic carbocycles. The number of amides is 1. The van der Waals surface area contributed by atoms with Crippen molar-refractivity contribution in [3.63, 3.8) is 0 Å². The number of carbonyl (C=O) groups is 1. The minimum Gasteiger partial charge on any atom is -0.396 e. The summed E-state index contributed by atoms with van der Waals surface area (Å²) in [4.78, 5) is 13.7. The van der Waals surface area contributed by atoms with Crippen molar-refractivity contribution in [2.75, 3.05) is 19.7 Å². The minimum absolute atomic E-state index is 0.0530. The molecule has 0 bridgehead atoms. The average molecular weight is 211 g/mol.